The molecule has 51 heavy (non-hydrogen) atoms. The van der Waals surface area contributed by atoms with Crippen LogP contribution in [0.2, 0.25) is 0 Å². The van der Waals surface area contributed by atoms with Crippen molar-refractivity contribution in [3.63, 3.8) is 0 Å². The summed E-state index contributed by atoms with van der Waals surface area (Å²) in [6.45, 7) is 0. The molecule has 0 fully saturated rings. The first-order chi connectivity index (χ1) is 25.3. The number of para-hydroxylation sites is 4. The predicted octanol–water partition coefficient (Wildman–Crippen LogP) is 12.4. The monoisotopic (exact) mass is 653 g/mol. The fourth-order valence-electron chi connectivity index (χ4n) is 7.75. The molecule has 0 amide bonds. The number of furan rings is 2. The van der Waals surface area contributed by atoms with Gasteiger partial charge in [-0.05, 0) is 89.5 Å². The molecule has 6 aromatic carbocycles. The van der Waals surface area contributed by atoms with Crippen molar-refractivity contribution >= 4 is 65.7 Å². The summed E-state index contributed by atoms with van der Waals surface area (Å²) in [6.07, 6.45) is 3.70. The lowest BCUT2D eigenvalue weighted by molar-refractivity contribution is 0.669. The van der Waals surface area contributed by atoms with Crippen molar-refractivity contribution in [2.75, 3.05) is 0 Å². The van der Waals surface area contributed by atoms with E-state index in [1.54, 1.807) is 0 Å². The lowest BCUT2D eigenvalue weighted by Gasteiger charge is -2.08. The first-order valence-electron chi connectivity index (χ1n) is 17.1. The van der Waals surface area contributed by atoms with Gasteiger partial charge in [0.05, 0.1) is 22.4 Å². The summed E-state index contributed by atoms with van der Waals surface area (Å²) in [6, 6.07) is 52.8. The maximum Gasteiger partial charge on any atom is 0.143 e. The van der Waals surface area contributed by atoms with Crippen LogP contribution in [0.3, 0.4) is 0 Å². The molecule has 0 saturated carbocycles. The van der Waals surface area contributed by atoms with Gasteiger partial charge in [0.2, 0.25) is 0 Å². The number of nitrogens with zero attached hydrogens (tertiary/aromatic N) is 3. The minimum absolute atomic E-state index is 0.799. The van der Waals surface area contributed by atoms with Gasteiger partial charge in [-0.15, -0.1) is 0 Å². The summed E-state index contributed by atoms with van der Waals surface area (Å²) in [7, 11) is 0. The van der Waals surface area contributed by atoms with Crippen LogP contribution in [0.25, 0.3) is 105 Å². The van der Waals surface area contributed by atoms with Crippen molar-refractivity contribution in [1.29, 1.82) is 0 Å². The van der Waals surface area contributed by atoms with E-state index in [1.165, 1.54) is 21.8 Å². The number of benzene rings is 6. The third-order valence-corrected chi connectivity index (χ3v) is 10.1. The van der Waals surface area contributed by atoms with Crippen molar-refractivity contribution in [2.24, 2.45) is 0 Å². The van der Waals surface area contributed by atoms with Gasteiger partial charge < -0.3 is 13.4 Å². The van der Waals surface area contributed by atoms with E-state index < -0.39 is 0 Å². The highest BCUT2D eigenvalue weighted by Crippen LogP contribution is 2.39. The van der Waals surface area contributed by atoms with Gasteiger partial charge in [-0.2, -0.15) is 0 Å². The Morgan fingerprint density at radius 1 is 0.392 bits per heavy atom. The molecule has 0 aliphatic heterocycles. The molecule has 0 spiro atoms. The summed E-state index contributed by atoms with van der Waals surface area (Å²) >= 11 is 0. The zero-order valence-corrected chi connectivity index (χ0v) is 27.2. The molecule has 0 radical (unpaired) electrons. The minimum Gasteiger partial charge on any atom is -0.456 e. The SMILES string of the molecule is c1ccc2c(c1)oc1c(-c3ccnc(-c4cc(-c5ccc6oc7ccc(-n8c9ccccc9c9ccccc98)cc7c6c5)ccn4)c3)cccc12. The molecule has 5 heterocycles. The van der Waals surface area contributed by atoms with Crippen LogP contribution >= 0.6 is 0 Å². The third-order valence-electron chi connectivity index (χ3n) is 10.1. The van der Waals surface area contributed by atoms with Crippen molar-refractivity contribution < 1.29 is 8.83 Å². The molecule has 5 heteroatoms. The molecule has 0 bridgehead atoms. The van der Waals surface area contributed by atoms with Crippen LogP contribution in [0.4, 0.5) is 0 Å². The van der Waals surface area contributed by atoms with Gasteiger partial charge in [-0.3, -0.25) is 9.97 Å². The molecule has 0 aliphatic carbocycles. The summed E-state index contributed by atoms with van der Waals surface area (Å²) < 4.78 is 15.0. The highest BCUT2D eigenvalue weighted by molar-refractivity contribution is 6.11. The normalized spacial score (nSPS) is 11.9. The molecular weight excluding hydrogens is 627 g/mol. The van der Waals surface area contributed by atoms with Crippen LogP contribution in [0.5, 0.6) is 0 Å². The summed E-state index contributed by atoms with van der Waals surface area (Å²) in [4.78, 5) is 9.49. The first kappa shape index (κ1) is 27.9. The second-order valence-corrected chi connectivity index (χ2v) is 13.0. The van der Waals surface area contributed by atoms with Crippen molar-refractivity contribution in [1.82, 2.24) is 14.5 Å². The van der Waals surface area contributed by atoms with Crippen LogP contribution in [-0.2, 0) is 0 Å². The fourth-order valence-corrected chi connectivity index (χ4v) is 7.75. The van der Waals surface area contributed by atoms with E-state index in [9.17, 15) is 0 Å². The largest absolute Gasteiger partial charge is 0.456 e. The van der Waals surface area contributed by atoms with E-state index in [0.717, 1.165) is 83.2 Å². The molecular formula is C46H27N3O2. The van der Waals surface area contributed by atoms with Crippen LogP contribution in [0.1, 0.15) is 0 Å². The zero-order chi connectivity index (χ0) is 33.5. The Hall–Kier alpha value is -6.98. The van der Waals surface area contributed by atoms with E-state index in [-0.39, 0.29) is 0 Å². The van der Waals surface area contributed by atoms with Gasteiger partial charge in [0.15, 0.2) is 0 Å². The quantitative estimate of drug-likeness (QED) is 0.190. The average Bonchev–Trinajstić information content (AvgIpc) is 3.87. The number of hydrogen-bond donors (Lipinski definition) is 0. The Bertz CT molecular complexity index is 3110. The minimum atomic E-state index is 0.799. The molecule has 5 aromatic heterocycles. The number of rotatable bonds is 4. The smallest absolute Gasteiger partial charge is 0.143 e. The van der Waals surface area contributed by atoms with E-state index in [2.05, 4.69) is 132 Å². The van der Waals surface area contributed by atoms with Crippen molar-refractivity contribution in [2.45, 2.75) is 0 Å². The highest BCUT2D eigenvalue weighted by Gasteiger charge is 2.16. The second-order valence-electron chi connectivity index (χ2n) is 13.0. The molecule has 11 aromatic rings. The number of fused-ring (bicyclic) bond motifs is 9. The summed E-state index contributed by atoms with van der Waals surface area (Å²) in [5.41, 5.74) is 12.7. The lowest BCUT2D eigenvalue weighted by atomic mass is 10.0. The number of pyridine rings is 2. The van der Waals surface area contributed by atoms with Gasteiger partial charge in [-0.1, -0.05) is 78.9 Å². The molecule has 5 nitrogen and oxygen atoms in total. The van der Waals surface area contributed by atoms with E-state index in [0.29, 0.717) is 0 Å². The topological polar surface area (TPSA) is 57.0 Å². The van der Waals surface area contributed by atoms with Gasteiger partial charge in [0, 0.05) is 56.0 Å². The van der Waals surface area contributed by atoms with E-state index in [4.69, 9.17) is 18.8 Å². The zero-order valence-electron chi connectivity index (χ0n) is 27.2. The Balaban J connectivity index is 1.00. The van der Waals surface area contributed by atoms with E-state index in [1.807, 2.05) is 36.7 Å². The molecule has 0 aliphatic rings. The first-order valence-corrected chi connectivity index (χ1v) is 17.1. The summed E-state index contributed by atoms with van der Waals surface area (Å²) in [5, 5.41) is 6.85. The summed E-state index contributed by atoms with van der Waals surface area (Å²) in [5.74, 6) is 0. The lowest BCUT2D eigenvalue weighted by Crippen LogP contribution is -1.93. The van der Waals surface area contributed by atoms with Gasteiger partial charge in [0.1, 0.15) is 22.3 Å². The molecule has 0 unspecified atom stereocenters. The van der Waals surface area contributed by atoms with Crippen molar-refractivity contribution in [3.05, 3.63) is 164 Å². The van der Waals surface area contributed by atoms with Crippen LogP contribution in [0.15, 0.2) is 173 Å². The van der Waals surface area contributed by atoms with Gasteiger partial charge >= 0.3 is 0 Å². The van der Waals surface area contributed by atoms with Crippen LogP contribution < -0.4 is 0 Å². The maximum absolute atomic E-state index is 6.35. The fraction of sp³-hybridized carbons (Fsp3) is 0. The van der Waals surface area contributed by atoms with E-state index >= 15 is 0 Å². The highest BCUT2D eigenvalue weighted by atomic mass is 16.3. The number of aromatic nitrogens is 3. The Labute approximate surface area is 291 Å². The number of hydrogen-bond acceptors (Lipinski definition) is 4. The Morgan fingerprint density at radius 2 is 0.980 bits per heavy atom. The average molecular weight is 654 g/mol. The van der Waals surface area contributed by atoms with Gasteiger partial charge in [-0.25, -0.2) is 0 Å². The molecule has 0 N–H and O–H groups in total. The van der Waals surface area contributed by atoms with Crippen LogP contribution in [0, 0.1) is 0 Å². The van der Waals surface area contributed by atoms with Crippen LogP contribution in [-0.4, -0.2) is 14.5 Å². The predicted molar refractivity (Wildman–Crippen MR) is 207 cm³/mol. The Kier molecular flexibility index (Phi) is 5.89. The Morgan fingerprint density at radius 3 is 1.76 bits per heavy atom. The molecule has 238 valence electrons. The molecule has 0 atom stereocenters. The second kappa shape index (κ2) is 10.8. The van der Waals surface area contributed by atoms with Gasteiger partial charge in [0.25, 0.3) is 0 Å². The molecule has 11 rings (SSSR count). The third kappa shape index (κ3) is 4.28. The molecule has 0 saturated heterocycles. The maximum atomic E-state index is 6.35. The standard InChI is InChI=1S/C46H27N3O2/c1-4-13-41-33(8-1)34-9-2-5-14-42(34)49(41)31-17-19-45-38(27-31)37-24-28(16-18-44(37)50-45)29-20-22-47-39(25-29)40-26-30(21-23-48-40)32-11-7-12-36-35-10-3-6-15-43(35)51-46(32)36/h1-27H. The van der Waals surface area contributed by atoms with Crippen molar-refractivity contribution in [3.8, 4) is 39.3 Å².